The SMILES string of the molecule is C=CC[C@@H](c1ccc(C(F)(F)F)cc1)N1CCNCC1.Cl.Cl. The van der Waals surface area contributed by atoms with Gasteiger partial charge in [-0.2, -0.15) is 13.2 Å². The lowest BCUT2D eigenvalue weighted by molar-refractivity contribution is -0.137. The van der Waals surface area contributed by atoms with E-state index in [9.17, 15) is 13.2 Å². The largest absolute Gasteiger partial charge is 0.416 e. The molecule has 0 aliphatic carbocycles. The molecular formula is C15H21Cl2F3N2. The lowest BCUT2D eigenvalue weighted by Gasteiger charge is -2.35. The van der Waals surface area contributed by atoms with Crippen molar-refractivity contribution >= 4 is 24.8 Å². The molecule has 0 unspecified atom stereocenters. The Kier molecular flexibility index (Phi) is 9.08. The van der Waals surface area contributed by atoms with Gasteiger partial charge in [-0.05, 0) is 24.1 Å². The zero-order valence-electron chi connectivity index (χ0n) is 12.1. The van der Waals surface area contributed by atoms with Crippen molar-refractivity contribution in [1.29, 1.82) is 0 Å². The summed E-state index contributed by atoms with van der Waals surface area (Å²) >= 11 is 0. The van der Waals surface area contributed by atoms with E-state index in [1.165, 1.54) is 0 Å². The molecule has 0 saturated carbocycles. The summed E-state index contributed by atoms with van der Waals surface area (Å²) in [6.45, 7) is 7.38. The maximum Gasteiger partial charge on any atom is 0.416 e. The van der Waals surface area contributed by atoms with Crippen LogP contribution in [0.1, 0.15) is 23.6 Å². The Morgan fingerprint density at radius 1 is 1.14 bits per heavy atom. The van der Waals surface area contributed by atoms with Gasteiger partial charge >= 0.3 is 6.18 Å². The number of nitrogens with zero attached hydrogens (tertiary/aromatic N) is 1. The Labute approximate surface area is 141 Å². The van der Waals surface area contributed by atoms with Crippen LogP contribution in [0.3, 0.4) is 0 Å². The molecule has 1 N–H and O–H groups in total. The maximum atomic E-state index is 12.6. The summed E-state index contributed by atoms with van der Waals surface area (Å²) in [7, 11) is 0. The summed E-state index contributed by atoms with van der Waals surface area (Å²) < 4.78 is 37.8. The van der Waals surface area contributed by atoms with Crippen LogP contribution in [-0.2, 0) is 6.18 Å². The van der Waals surface area contributed by atoms with Crippen LogP contribution in [0.15, 0.2) is 36.9 Å². The first-order valence-electron chi connectivity index (χ1n) is 6.75. The molecular weight excluding hydrogens is 336 g/mol. The van der Waals surface area contributed by atoms with E-state index in [1.54, 1.807) is 12.1 Å². The van der Waals surface area contributed by atoms with Gasteiger partial charge in [0.25, 0.3) is 0 Å². The molecule has 2 nitrogen and oxygen atoms in total. The zero-order chi connectivity index (χ0) is 14.6. The van der Waals surface area contributed by atoms with Crippen molar-refractivity contribution in [3.05, 3.63) is 48.0 Å². The topological polar surface area (TPSA) is 15.3 Å². The van der Waals surface area contributed by atoms with Crippen LogP contribution < -0.4 is 5.32 Å². The van der Waals surface area contributed by atoms with Crippen molar-refractivity contribution in [3.63, 3.8) is 0 Å². The second-order valence-corrected chi connectivity index (χ2v) is 4.95. The Morgan fingerprint density at radius 3 is 2.14 bits per heavy atom. The van der Waals surface area contributed by atoms with Gasteiger partial charge in [0.05, 0.1) is 5.56 Å². The van der Waals surface area contributed by atoms with Crippen molar-refractivity contribution in [2.75, 3.05) is 26.2 Å². The molecule has 0 spiro atoms. The van der Waals surface area contributed by atoms with E-state index in [-0.39, 0.29) is 30.9 Å². The van der Waals surface area contributed by atoms with E-state index < -0.39 is 11.7 Å². The summed E-state index contributed by atoms with van der Waals surface area (Å²) in [5.41, 5.74) is 0.318. The Hall–Kier alpha value is -0.750. The highest BCUT2D eigenvalue weighted by Gasteiger charge is 2.30. The molecule has 7 heteroatoms. The van der Waals surface area contributed by atoms with Crippen molar-refractivity contribution < 1.29 is 13.2 Å². The summed E-state index contributed by atoms with van der Waals surface area (Å²) in [6.07, 6.45) is -1.71. The summed E-state index contributed by atoms with van der Waals surface area (Å²) in [5.74, 6) is 0. The van der Waals surface area contributed by atoms with Crippen molar-refractivity contribution in [3.8, 4) is 0 Å². The Morgan fingerprint density at radius 2 is 1.68 bits per heavy atom. The molecule has 0 radical (unpaired) electrons. The number of halogens is 5. The lowest BCUT2D eigenvalue weighted by atomic mass is 9.99. The van der Waals surface area contributed by atoms with E-state index in [0.717, 1.165) is 50.3 Å². The number of nitrogens with one attached hydrogen (secondary N) is 1. The molecule has 1 aliphatic heterocycles. The monoisotopic (exact) mass is 356 g/mol. The number of hydrogen-bond donors (Lipinski definition) is 1. The first-order chi connectivity index (χ1) is 9.52. The number of rotatable bonds is 4. The van der Waals surface area contributed by atoms with E-state index in [0.29, 0.717) is 0 Å². The minimum atomic E-state index is -4.28. The van der Waals surface area contributed by atoms with Crippen LogP contribution >= 0.6 is 24.8 Å². The fourth-order valence-corrected chi connectivity index (χ4v) is 2.54. The molecule has 1 aromatic rings. The highest BCUT2D eigenvalue weighted by atomic mass is 35.5. The molecule has 126 valence electrons. The molecule has 22 heavy (non-hydrogen) atoms. The maximum absolute atomic E-state index is 12.6. The van der Waals surface area contributed by atoms with E-state index in [4.69, 9.17) is 0 Å². The Bertz CT molecular complexity index is 443. The van der Waals surface area contributed by atoms with Gasteiger partial charge in [0.1, 0.15) is 0 Å². The number of hydrogen-bond acceptors (Lipinski definition) is 2. The quantitative estimate of drug-likeness (QED) is 0.818. The highest BCUT2D eigenvalue weighted by Crippen LogP contribution is 2.31. The van der Waals surface area contributed by atoms with Crippen LogP contribution in [0.2, 0.25) is 0 Å². The van der Waals surface area contributed by atoms with Gasteiger partial charge in [-0.3, -0.25) is 4.90 Å². The van der Waals surface area contributed by atoms with Gasteiger partial charge in [0.2, 0.25) is 0 Å². The minimum absolute atomic E-state index is 0. The molecule has 1 heterocycles. The predicted octanol–water partition coefficient (Wildman–Crippen LogP) is 4.07. The number of benzene rings is 1. The zero-order valence-corrected chi connectivity index (χ0v) is 13.7. The average Bonchev–Trinajstić information content (AvgIpc) is 2.45. The molecule has 1 atom stereocenters. The summed E-state index contributed by atoms with van der Waals surface area (Å²) in [4.78, 5) is 2.29. The fourth-order valence-electron chi connectivity index (χ4n) is 2.54. The van der Waals surface area contributed by atoms with Crippen LogP contribution in [0.25, 0.3) is 0 Å². The van der Waals surface area contributed by atoms with Gasteiger partial charge in [0, 0.05) is 32.2 Å². The molecule has 1 aliphatic rings. The normalized spacial score (nSPS) is 17.0. The second kappa shape index (κ2) is 9.40. The highest BCUT2D eigenvalue weighted by molar-refractivity contribution is 5.85. The minimum Gasteiger partial charge on any atom is -0.314 e. The third kappa shape index (κ3) is 5.47. The summed E-state index contributed by atoms with van der Waals surface area (Å²) in [5, 5.41) is 3.28. The molecule has 1 aromatic carbocycles. The molecule has 0 amide bonds. The van der Waals surface area contributed by atoms with Gasteiger partial charge in [0.15, 0.2) is 0 Å². The third-order valence-electron chi connectivity index (χ3n) is 3.61. The van der Waals surface area contributed by atoms with Gasteiger partial charge in [-0.25, -0.2) is 0 Å². The molecule has 1 fully saturated rings. The smallest absolute Gasteiger partial charge is 0.314 e. The lowest BCUT2D eigenvalue weighted by Crippen LogP contribution is -2.45. The fraction of sp³-hybridized carbons (Fsp3) is 0.467. The molecule has 0 aromatic heterocycles. The van der Waals surface area contributed by atoms with Gasteiger partial charge in [-0.1, -0.05) is 18.2 Å². The van der Waals surface area contributed by atoms with Crippen LogP contribution in [0, 0.1) is 0 Å². The van der Waals surface area contributed by atoms with E-state index in [1.807, 2.05) is 6.08 Å². The standard InChI is InChI=1S/C15H19F3N2.2ClH/c1-2-3-14(20-10-8-19-9-11-20)12-4-6-13(7-5-12)15(16,17)18;;/h2,4-7,14,19H,1,3,8-11H2;2*1H/t14-;;/m0../s1. The van der Waals surface area contributed by atoms with E-state index >= 15 is 0 Å². The first-order valence-corrected chi connectivity index (χ1v) is 6.75. The van der Waals surface area contributed by atoms with Gasteiger partial charge in [-0.15, -0.1) is 31.4 Å². The van der Waals surface area contributed by atoms with E-state index in [2.05, 4.69) is 16.8 Å². The molecule has 1 saturated heterocycles. The molecule has 2 rings (SSSR count). The predicted molar refractivity (Wildman–Crippen MR) is 87.9 cm³/mol. The Balaban J connectivity index is 0.00000220. The summed E-state index contributed by atoms with van der Waals surface area (Å²) in [6, 6.07) is 5.59. The van der Waals surface area contributed by atoms with Crippen LogP contribution in [0.4, 0.5) is 13.2 Å². The van der Waals surface area contributed by atoms with Crippen molar-refractivity contribution in [1.82, 2.24) is 10.2 Å². The number of piperazine rings is 1. The average molecular weight is 357 g/mol. The van der Waals surface area contributed by atoms with Crippen LogP contribution in [-0.4, -0.2) is 31.1 Å². The third-order valence-corrected chi connectivity index (χ3v) is 3.61. The van der Waals surface area contributed by atoms with Crippen molar-refractivity contribution in [2.45, 2.75) is 18.6 Å². The van der Waals surface area contributed by atoms with Gasteiger partial charge < -0.3 is 5.32 Å². The molecule has 0 bridgehead atoms. The number of alkyl halides is 3. The first kappa shape index (κ1) is 21.2. The van der Waals surface area contributed by atoms with Crippen LogP contribution in [0.5, 0.6) is 0 Å². The van der Waals surface area contributed by atoms with Crippen molar-refractivity contribution in [2.24, 2.45) is 0 Å². The second-order valence-electron chi connectivity index (χ2n) is 4.95.